The van der Waals surface area contributed by atoms with Gasteiger partial charge in [-0.05, 0) is 67.6 Å². The molecular formula is C25H32N2O4. The maximum absolute atomic E-state index is 12.9. The van der Waals surface area contributed by atoms with E-state index >= 15 is 0 Å². The molecule has 0 bridgehead atoms. The molecule has 0 fully saturated rings. The van der Waals surface area contributed by atoms with Gasteiger partial charge in [0.15, 0.2) is 6.10 Å². The molecule has 2 aromatic carbocycles. The topological polar surface area (TPSA) is 62.2 Å². The number of aryl methyl sites for hydroxylation is 1. The molecule has 2 aliphatic rings. The lowest BCUT2D eigenvalue weighted by Gasteiger charge is -2.34. The van der Waals surface area contributed by atoms with Crippen LogP contribution in [0.4, 0.5) is 5.69 Å². The third-order valence-corrected chi connectivity index (χ3v) is 6.27. The SMILES string of the molecule is COc1cc2c(cc1C)CCN(CCCCN1C(=O)C(CCO)Oc3ccccc31)C2. The van der Waals surface area contributed by atoms with Crippen molar-refractivity contribution in [2.75, 3.05) is 38.3 Å². The van der Waals surface area contributed by atoms with E-state index in [0.717, 1.165) is 56.1 Å². The summed E-state index contributed by atoms with van der Waals surface area (Å²) in [6, 6.07) is 12.1. The van der Waals surface area contributed by atoms with Gasteiger partial charge in [0.2, 0.25) is 0 Å². The second kappa shape index (κ2) is 9.71. The third kappa shape index (κ3) is 4.70. The van der Waals surface area contributed by atoms with E-state index in [1.165, 1.54) is 16.7 Å². The molecule has 0 aliphatic carbocycles. The molecule has 1 atom stereocenters. The fourth-order valence-electron chi connectivity index (χ4n) is 4.59. The fourth-order valence-corrected chi connectivity index (χ4v) is 4.59. The Hall–Kier alpha value is -2.57. The Morgan fingerprint density at radius 2 is 1.97 bits per heavy atom. The number of nitrogens with zero attached hydrogens (tertiary/aromatic N) is 2. The van der Waals surface area contributed by atoms with Crippen molar-refractivity contribution in [2.45, 2.75) is 45.3 Å². The smallest absolute Gasteiger partial charge is 0.268 e. The van der Waals surface area contributed by atoms with Crippen molar-refractivity contribution in [3.8, 4) is 11.5 Å². The van der Waals surface area contributed by atoms with E-state index in [1.807, 2.05) is 29.2 Å². The van der Waals surface area contributed by atoms with Gasteiger partial charge in [-0.15, -0.1) is 0 Å². The van der Waals surface area contributed by atoms with E-state index in [0.29, 0.717) is 13.0 Å². The first-order valence-electron chi connectivity index (χ1n) is 11.2. The molecule has 1 amide bonds. The van der Waals surface area contributed by atoms with Crippen LogP contribution in [-0.4, -0.2) is 55.4 Å². The Balaban J connectivity index is 1.33. The zero-order valence-electron chi connectivity index (χ0n) is 18.5. The van der Waals surface area contributed by atoms with E-state index in [1.54, 1.807) is 7.11 Å². The van der Waals surface area contributed by atoms with Crippen LogP contribution in [0.2, 0.25) is 0 Å². The molecule has 4 rings (SSSR count). The summed E-state index contributed by atoms with van der Waals surface area (Å²) >= 11 is 0. The number of rotatable bonds is 8. The molecule has 6 heteroatoms. The number of anilines is 1. The number of hydrogen-bond acceptors (Lipinski definition) is 5. The van der Waals surface area contributed by atoms with E-state index < -0.39 is 6.10 Å². The van der Waals surface area contributed by atoms with Crippen LogP contribution in [0.1, 0.15) is 36.0 Å². The summed E-state index contributed by atoms with van der Waals surface area (Å²) in [5.41, 5.74) is 4.82. The monoisotopic (exact) mass is 424 g/mol. The molecule has 0 spiro atoms. The average Bonchev–Trinajstić information content (AvgIpc) is 2.78. The molecule has 2 aromatic rings. The van der Waals surface area contributed by atoms with Crippen LogP contribution in [0, 0.1) is 6.92 Å². The van der Waals surface area contributed by atoms with E-state index in [9.17, 15) is 9.90 Å². The standard InChI is InChI=1S/C25H32N2O4/c1-18-15-19-9-13-26(17-20(19)16-24(18)30-2)11-5-6-12-27-21-7-3-4-8-22(21)31-23(10-14-28)25(27)29/h3-4,7-8,15-16,23,28H,5-6,9-14,17H2,1-2H3. The van der Waals surface area contributed by atoms with Crippen molar-refractivity contribution in [1.82, 2.24) is 4.90 Å². The summed E-state index contributed by atoms with van der Waals surface area (Å²) in [6.07, 6.45) is 2.73. The van der Waals surface area contributed by atoms with Crippen molar-refractivity contribution in [3.63, 3.8) is 0 Å². The Morgan fingerprint density at radius 1 is 1.16 bits per heavy atom. The number of carbonyl (C=O) groups is 1. The predicted molar refractivity (Wildman–Crippen MR) is 121 cm³/mol. The van der Waals surface area contributed by atoms with Crippen LogP contribution < -0.4 is 14.4 Å². The number of benzene rings is 2. The Bertz CT molecular complexity index is 930. The third-order valence-electron chi connectivity index (χ3n) is 6.27. The molecule has 0 aromatic heterocycles. The lowest BCUT2D eigenvalue weighted by molar-refractivity contribution is -0.127. The molecule has 2 heterocycles. The van der Waals surface area contributed by atoms with Crippen LogP contribution in [0.25, 0.3) is 0 Å². The highest BCUT2D eigenvalue weighted by atomic mass is 16.5. The molecule has 166 valence electrons. The molecule has 2 aliphatic heterocycles. The van der Waals surface area contributed by atoms with Crippen LogP contribution >= 0.6 is 0 Å². The molecule has 31 heavy (non-hydrogen) atoms. The molecule has 6 nitrogen and oxygen atoms in total. The van der Waals surface area contributed by atoms with E-state index in [2.05, 4.69) is 24.0 Å². The van der Waals surface area contributed by atoms with Crippen LogP contribution in [0.5, 0.6) is 11.5 Å². The first-order valence-corrected chi connectivity index (χ1v) is 11.2. The number of aliphatic hydroxyl groups is 1. The Kier molecular flexibility index (Phi) is 6.78. The van der Waals surface area contributed by atoms with E-state index in [4.69, 9.17) is 9.47 Å². The maximum atomic E-state index is 12.9. The van der Waals surface area contributed by atoms with Gasteiger partial charge < -0.3 is 19.5 Å². The van der Waals surface area contributed by atoms with Crippen LogP contribution in [0.15, 0.2) is 36.4 Å². The lowest BCUT2D eigenvalue weighted by Crippen LogP contribution is -2.46. The number of ether oxygens (including phenoxy) is 2. The largest absolute Gasteiger partial charge is 0.496 e. The number of carbonyl (C=O) groups excluding carboxylic acids is 1. The molecular weight excluding hydrogens is 392 g/mol. The number of aliphatic hydroxyl groups excluding tert-OH is 1. The lowest BCUT2D eigenvalue weighted by atomic mass is 9.96. The normalized spacial score (nSPS) is 18.4. The predicted octanol–water partition coefficient (Wildman–Crippen LogP) is 3.32. The number of hydrogen-bond donors (Lipinski definition) is 1. The van der Waals surface area contributed by atoms with Gasteiger partial charge in [0.05, 0.1) is 12.8 Å². The van der Waals surface area contributed by atoms with E-state index in [-0.39, 0.29) is 12.5 Å². The van der Waals surface area contributed by atoms with Gasteiger partial charge in [0.25, 0.3) is 5.91 Å². The van der Waals surface area contributed by atoms with Crippen molar-refractivity contribution in [3.05, 3.63) is 53.1 Å². The first kappa shape index (κ1) is 21.7. The maximum Gasteiger partial charge on any atom is 0.268 e. The Labute approximate surface area is 184 Å². The molecule has 1 N–H and O–H groups in total. The van der Waals surface area contributed by atoms with Gasteiger partial charge >= 0.3 is 0 Å². The summed E-state index contributed by atoms with van der Waals surface area (Å²) < 4.78 is 11.3. The highest BCUT2D eigenvalue weighted by molar-refractivity contribution is 6.00. The number of methoxy groups -OCH3 is 1. The minimum absolute atomic E-state index is 0.0536. The van der Waals surface area contributed by atoms with Gasteiger partial charge in [0.1, 0.15) is 11.5 Å². The summed E-state index contributed by atoms with van der Waals surface area (Å²) in [6.45, 7) is 5.73. The minimum atomic E-state index is -0.600. The van der Waals surface area contributed by atoms with Crippen LogP contribution in [0.3, 0.4) is 0 Å². The molecule has 1 unspecified atom stereocenters. The average molecular weight is 425 g/mol. The summed E-state index contributed by atoms with van der Waals surface area (Å²) in [5.74, 6) is 1.63. The van der Waals surface area contributed by atoms with Crippen molar-refractivity contribution >= 4 is 11.6 Å². The van der Waals surface area contributed by atoms with Crippen molar-refractivity contribution in [1.29, 1.82) is 0 Å². The van der Waals surface area contributed by atoms with Crippen LogP contribution in [-0.2, 0) is 17.8 Å². The second-order valence-corrected chi connectivity index (χ2v) is 8.40. The number of para-hydroxylation sites is 2. The number of unbranched alkanes of at least 4 members (excludes halogenated alkanes) is 1. The van der Waals surface area contributed by atoms with Gasteiger partial charge in [0, 0.05) is 32.7 Å². The quantitative estimate of drug-likeness (QED) is 0.659. The van der Waals surface area contributed by atoms with Gasteiger partial charge in [-0.2, -0.15) is 0 Å². The van der Waals surface area contributed by atoms with Gasteiger partial charge in [-0.3, -0.25) is 9.69 Å². The zero-order valence-corrected chi connectivity index (χ0v) is 18.5. The summed E-state index contributed by atoms with van der Waals surface area (Å²) in [4.78, 5) is 17.2. The Morgan fingerprint density at radius 3 is 2.77 bits per heavy atom. The molecule has 0 radical (unpaired) electrons. The molecule has 0 saturated carbocycles. The van der Waals surface area contributed by atoms with Gasteiger partial charge in [-0.1, -0.05) is 18.2 Å². The second-order valence-electron chi connectivity index (χ2n) is 8.40. The zero-order chi connectivity index (χ0) is 21.8. The number of fused-ring (bicyclic) bond motifs is 2. The molecule has 0 saturated heterocycles. The van der Waals surface area contributed by atoms with Gasteiger partial charge in [-0.25, -0.2) is 0 Å². The first-order chi connectivity index (χ1) is 15.1. The fraction of sp³-hybridized carbons (Fsp3) is 0.480. The summed E-state index contributed by atoms with van der Waals surface area (Å²) in [5, 5.41) is 9.28. The highest BCUT2D eigenvalue weighted by Gasteiger charge is 2.33. The number of amides is 1. The summed E-state index contributed by atoms with van der Waals surface area (Å²) in [7, 11) is 1.73. The van der Waals surface area contributed by atoms with Crippen molar-refractivity contribution in [2.24, 2.45) is 0 Å². The minimum Gasteiger partial charge on any atom is -0.496 e. The van der Waals surface area contributed by atoms with Crippen molar-refractivity contribution < 1.29 is 19.4 Å². The highest BCUT2D eigenvalue weighted by Crippen LogP contribution is 2.34.